The van der Waals surface area contributed by atoms with Crippen LogP contribution in [0.15, 0.2) is 12.4 Å². The molecule has 2 rings (SSSR count). The average molecular weight is 198 g/mol. The van der Waals surface area contributed by atoms with Gasteiger partial charge in [-0.2, -0.15) is 0 Å². The molecule has 1 saturated carbocycles. The molecule has 4 heteroatoms. The van der Waals surface area contributed by atoms with E-state index >= 15 is 0 Å². The lowest BCUT2D eigenvalue weighted by molar-refractivity contribution is 0.490. The van der Waals surface area contributed by atoms with Crippen LogP contribution in [-0.4, -0.2) is 17.6 Å². The first kappa shape index (κ1) is 9.52. The zero-order valence-corrected chi connectivity index (χ0v) is 7.98. The van der Waals surface area contributed by atoms with E-state index in [0.29, 0.717) is 6.42 Å². The largest absolute Gasteiger partial charge is 0.314 e. The van der Waals surface area contributed by atoms with Gasteiger partial charge in [-0.25, -0.2) is 8.78 Å². The summed E-state index contributed by atoms with van der Waals surface area (Å²) in [6, 6.07) is 0. The van der Waals surface area contributed by atoms with Gasteiger partial charge in [0.2, 0.25) is 0 Å². The number of hydrogen-bond acceptors (Lipinski definition) is 2. The van der Waals surface area contributed by atoms with Gasteiger partial charge in [0.1, 0.15) is 11.6 Å². The van der Waals surface area contributed by atoms with E-state index in [1.54, 1.807) is 0 Å². The minimum Gasteiger partial charge on any atom is -0.314 e. The number of rotatable bonds is 3. The van der Waals surface area contributed by atoms with Crippen LogP contribution in [0.25, 0.3) is 0 Å². The average Bonchev–Trinajstić information content (AvgIpc) is 2.93. The minimum atomic E-state index is -0.550. The van der Waals surface area contributed by atoms with Gasteiger partial charge in [-0.05, 0) is 26.3 Å². The summed E-state index contributed by atoms with van der Waals surface area (Å²) in [7, 11) is 1.82. The first-order valence-electron chi connectivity index (χ1n) is 4.64. The Hall–Kier alpha value is -1.03. The predicted molar refractivity (Wildman–Crippen MR) is 48.9 cm³/mol. The summed E-state index contributed by atoms with van der Waals surface area (Å²) in [5, 5.41) is 3.10. The van der Waals surface area contributed by atoms with Crippen molar-refractivity contribution in [1.82, 2.24) is 10.3 Å². The Bertz CT molecular complexity index is 328. The van der Waals surface area contributed by atoms with Gasteiger partial charge in [0.15, 0.2) is 0 Å². The van der Waals surface area contributed by atoms with Gasteiger partial charge in [-0.1, -0.05) is 0 Å². The summed E-state index contributed by atoms with van der Waals surface area (Å²) < 4.78 is 26.4. The van der Waals surface area contributed by atoms with Crippen molar-refractivity contribution < 1.29 is 8.78 Å². The van der Waals surface area contributed by atoms with Gasteiger partial charge >= 0.3 is 0 Å². The van der Waals surface area contributed by atoms with Crippen LogP contribution >= 0.6 is 0 Å². The van der Waals surface area contributed by atoms with Crippen LogP contribution in [0.4, 0.5) is 8.78 Å². The van der Waals surface area contributed by atoms with E-state index in [9.17, 15) is 8.78 Å². The molecule has 0 saturated heterocycles. The Balaban J connectivity index is 2.24. The number of halogens is 2. The highest BCUT2D eigenvalue weighted by Gasteiger charge is 2.42. The van der Waals surface area contributed by atoms with Gasteiger partial charge in [0.25, 0.3) is 0 Å². The molecule has 1 aliphatic rings. The number of likely N-dealkylation sites (N-methyl/N-ethyl adjacent to an activating group) is 1. The molecular weight excluding hydrogens is 186 g/mol. The van der Waals surface area contributed by atoms with Gasteiger partial charge in [-0.15, -0.1) is 0 Å². The highest BCUT2D eigenvalue weighted by Crippen LogP contribution is 2.38. The molecule has 1 aliphatic carbocycles. The molecule has 2 nitrogen and oxygen atoms in total. The molecule has 0 bridgehead atoms. The van der Waals surface area contributed by atoms with Crippen molar-refractivity contribution in [3.05, 3.63) is 29.6 Å². The van der Waals surface area contributed by atoms with Gasteiger partial charge in [0, 0.05) is 11.1 Å². The quantitative estimate of drug-likeness (QED) is 0.798. The third-order valence-corrected chi connectivity index (χ3v) is 2.85. The fourth-order valence-corrected chi connectivity index (χ4v) is 1.61. The Kier molecular flexibility index (Phi) is 2.23. The summed E-state index contributed by atoms with van der Waals surface area (Å²) in [6.45, 7) is 0. The minimum absolute atomic E-state index is 0.0803. The predicted octanol–water partition coefficient (Wildman–Crippen LogP) is 1.65. The zero-order chi connectivity index (χ0) is 10.2. The van der Waals surface area contributed by atoms with Crippen LogP contribution in [0.3, 0.4) is 0 Å². The second kappa shape index (κ2) is 3.28. The number of nitrogens with one attached hydrogen (secondary N) is 1. The normalized spacial score (nSPS) is 18.2. The van der Waals surface area contributed by atoms with Crippen molar-refractivity contribution in [1.29, 1.82) is 0 Å². The molecule has 76 valence electrons. The fourth-order valence-electron chi connectivity index (χ4n) is 1.61. The third-order valence-electron chi connectivity index (χ3n) is 2.85. The Morgan fingerprint density at radius 2 is 1.93 bits per heavy atom. The highest BCUT2D eigenvalue weighted by atomic mass is 19.1. The molecule has 1 aromatic heterocycles. The van der Waals surface area contributed by atoms with E-state index in [-0.39, 0.29) is 11.1 Å². The van der Waals surface area contributed by atoms with Crippen molar-refractivity contribution >= 4 is 0 Å². The van der Waals surface area contributed by atoms with E-state index in [0.717, 1.165) is 25.2 Å². The number of aromatic nitrogens is 1. The topological polar surface area (TPSA) is 24.9 Å². The van der Waals surface area contributed by atoms with Crippen LogP contribution in [0.1, 0.15) is 18.4 Å². The maximum Gasteiger partial charge on any atom is 0.147 e. The van der Waals surface area contributed by atoms with Crippen molar-refractivity contribution in [2.24, 2.45) is 0 Å². The fraction of sp³-hybridized carbons (Fsp3) is 0.500. The molecule has 1 aromatic rings. The molecule has 0 amide bonds. The van der Waals surface area contributed by atoms with Crippen LogP contribution < -0.4 is 5.32 Å². The lowest BCUT2D eigenvalue weighted by Crippen LogP contribution is -2.30. The summed E-state index contributed by atoms with van der Waals surface area (Å²) in [5.74, 6) is -1.10. The van der Waals surface area contributed by atoms with Crippen molar-refractivity contribution in [3.8, 4) is 0 Å². The Morgan fingerprint density at radius 3 is 2.36 bits per heavy atom. The first-order chi connectivity index (χ1) is 6.67. The van der Waals surface area contributed by atoms with Gasteiger partial charge < -0.3 is 5.32 Å². The number of hydrogen-bond donors (Lipinski definition) is 1. The molecule has 0 aliphatic heterocycles. The molecule has 1 N–H and O–H groups in total. The maximum atomic E-state index is 13.2. The molecule has 14 heavy (non-hydrogen) atoms. The van der Waals surface area contributed by atoms with E-state index in [4.69, 9.17) is 0 Å². The highest BCUT2D eigenvalue weighted by molar-refractivity contribution is 5.21. The lowest BCUT2D eigenvalue weighted by Gasteiger charge is -2.14. The zero-order valence-electron chi connectivity index (χ0n) is 7.98. The molecule has 0 radical (unpaired) electrons. The second-order valence-electron chi connectivity index (χ2n) is 3.79. The molecule has 1 fully saturated rings. The summed E-state index contributed by atoms with van der Waals surface area (Å²) >= 11 is 0. The van der Waals surface area contributed by atoms with Crippen LogP contribution in [0.2, 0.25) is 0 Å². The van der Waals surface area contributed by atoms with Gasteiger partial charge in [-0.3, -0.25) is 4.98 Å². The molecule has 0 atom stereocenters. The lowest BCUT2D eigenvalue weighted by atomic mass is 10.0. The van der Waals surface area contributed by atoms with Crippen molar-refractivity contribution in [3.63, 3.8) is 0 Å². The van der Waals surface area contributed by atoms with E-state index in [1.807, 2.05) is 7.05 Å². The summed E-state index contributed by atoms with van der Waals surface area (Å²) in [6.07, 6.45) is 4.48. The number of nitrogens with zero attached hydrogens (tertiary/aromatic N) is 1. The molecular formula is C10H12F2N2. The van der Waals surface area contributed by atoms with Crippen LogP contribution in [0, 0.1) is 11.6 Å². The Labute approximate surface area is 81.4 Å². The number of pyridine rings is 1. The van der Waals surface area contributed by atoms with E-state index in [2.05, 4.69) is 10.3 Å². The third kappa shape index (κ3) is 1.62. The molecule has 0 spiro atoms. The first-order valence-corrected chi connectivity index (χ1v) is 4.64. The maximum absolute atomic E-state index is 13.2. The SMILES string of the molecule is CNC1(Cc2c(F)cncc2F)CC1. The molecule has 0 unspecified atom stereocenters. The summed E-state index contributed by atoms with van der Waals surface area (Å²) in [5.41, 5.74) is 0.0649. The van der Waals surface area contributed by atoms with E-state index < -0.39 is 11.6 Å². The molecule has 1 heterocycles. The van der Waals surface area contributed by atoms with Crippen LogP contribution in [0.5, 0.6) is 0 Å². The summed E-state index contributed by atoms with van der Waals surface area (Å²) in [4.78, 5) is 3.45. The van der Waals surface area contributed by atoms with E-state index in [1.165, 1.54) is 0 Å². The standard InChI is InChI=1S/C10H12F2N2/c1-13-10(2-3-10)4-7-8(11)5-14-6-9(7)12/h5-6,13H,2-4H2,1H3. The monoisotopic (exact) mass is 198 g/mol. The Morgan fingerprint density at radius 1 is 1.36 bits per heavy atom. The second-order valence-corrected chi connectivity index (χ2v) is 3.79. The molecule has 0 aromatic carbocycles. The van der Waals surface area contributed by atoms with Crippen molar-refractivity contribution in [2.75, 3.05) is 7.05 Å². The van der Waals surface area contributed by atoms with Crippen molar-refractivity contribution in [2.45, 2.75) is 24.8 Å². The van der Waals surface area contributed by atoms with Gasteiger partial charge in [0.05, 0.1) is 12.4 Å². The van der Waals surface area contributed by atoms with Crippen LogP contribution in [-0.2, 0) is 6.42 Å². The smallest absolute Gasteiger partial charge is 0.147 e.